The smallest absolute Gasteiger partial charge is 0.262 e. The number of fused-ring (bicyclic) bond motifs is 1. The molecule has 0 bridgehead atoms. The maximum atomic E-state index is 12.6. The van der Waals surface area contributed by atoms with Crippen molar-refractivity contribution in [3.8, 4) is 5.75 Å². The van der Waals surface area contributed by atoms with Gasteiger partial charge in [-0.15, -0.1) is 0 Å². The van der Waals surface area contributed by atoms with Crippen LogP contribution in [0.4, 0.5) is 5.69 Å². The third kappa shape index (κ3) is 3.83. The Morgan fingerprint density at radius 2 is 2.00 bits per heavy atom. The number of hydrogen-bond donors (Lipinski definition) is 1. The van der Waals surface area contributed by atoms with E-state index in [9.17, 15) is 13.2 Å². The predicted molar refractivity (Wildman–Crippen MR) is 99.7 cm³/mol. The molecule has 1 heterocycles. The molecule has 1 N–H and O–H groups in total. The van der Waals surface area contributed by atoms with Gasteiger partial charge in [-0.05, 0) is 41.8 Å². The molecule has 0 fully saturated rings. The van der Waals surface area contributed by atoms with Crippen LogP contribution in [-0.4, -0.2) is 32.9 Å². The number of carbonyl (C=O) groups is 1. The molecule has 0 unspecified atom stereocenters. The fourth-order valence-electron chi connectivity index (χ4n) is 3.04. The van der Waals surface area contributed by atoms with Gasteiger partial charge in [-0.25, -0.2) is 8.42 Å². The summed E-state index contributed by atoms with van der Waals surface area (Å²) >= 11 is 0. The highest BCUT2D eigenvalue weighted by atomic mass is 32.2. The second kappa shape index (κ2) is 7.37. The van der Waals surface area contributed by atoms with E-state index in [1.807, 2.05) is 24.0 Å². The first kappa shape index (κ1) is 18.3. The van der Waals surface area contributed by atoms with E-state index < -0.39 is 10.0 Å². The first-order valence-electron chi connectivity index (χ1n) is 8.49. The standard InChI is InChI=1S/C19H22N2O4S/c1-3-19(22)21-10-9-14-7-8-16(11-15(14)13-21)20-26(23,24)18-6-4-5-17(12-18)25-2/h4-8,11-12,20H,3,9-10,13H2,1-2H3. The van der Waals surface area contributed by atoms with Crippen LogP contribution in [-0.2, 0) is 27.8 Å². The van der Waals surface area contributed by atoms with E-state index in [4.69, 9.17) is 4.74 Å². The second-order valence-electron chi connectivity index (χ2n) is 6.19. The van der Waals surface area contributed by atoms with Gasteiger partial charge in [0.05, 0.1) is 12.0 Å². The van der Waals surface area contributed by atoms with Gasteiger partial charge in [0.2, 0.25) is 5.91 Å². The molecule has 138 valence electrons. The van der Waals surface area contributed by atoms with Crippen molar-refractivity contribution in [1.82, 2.24) is 4.90 Å². The van der Waals surface area contributed by atoms with E-state index >= 15 is 0 Å². The third-order valence-corrected chi connectivity index (χ3v) is 5.86. The molecule has 7 heteroatoms. The number of methoxy groups -OCH3 is 1. The second-order valence-corrected chi connectivity index (χ2v) is 7.87. The lowest BCUT2D eigenvalue weighted by molar-refractivity contribution is -0.131. The molecule has 3 rings (SSSR count). The normalized spacial score (nSPS) is 13.8. The molecule has 0 aliphatic carbocycles. The number of rotatable bonds is 5. The maximum absolute atomic E-state index is 12.6. The Bertz CT molecular complexity index is 925. The van der Waals surface area contributed by atoms with Crippen LogP contribution < -0.4 is 9.46 Å². The van der Waals surface area contributed by atoms with Gasteiger partial charge in [0.1, 0.15) is 5.75 Å². The van der Waals surface area contributed by atoms with Crippen LogP contribution in [0.5, 0.6) is 5.75 Å². The van der Waals surface area contributed by atoms with Gasteiger partial charge in [-0.1, -0.05) is 19.1 Å². The molecule has 1 amide bonds. The molecule has 0 saturated heterocycles. The zero-order valence-corrected chi connectivity index (χ0v) is 15.7. The number of benzene rings is 2. The molecule has 0 spiro atoms. The molecule has 0 aromatic heterocycles. The lowest BCUT2D eigenvalue weighted by Gasteiger charge is -2.29. The fraction of sp³-hybridized carbons (Fsp3) is 0.316. The Hall–Kier alpha value is -2.54. The highest BCUT2D eigenvalue weighted by Gasteiger charge is 2.21. The van der Waals surface area contributed by atoms with E-state index in [1.165, 1.54) is 19.2 Å². The number of nitrogens with zero attached hydrogens (tertiary/aromatic N) is 1. The van der Waals surface area contributed by atoms with Crippen LogP contribution in [0.25, 0.3) is 0 Å². The van der Waals surface area contributed by atoms with Gasteiger partial charge < -0.3 is 9.64 Å². The van der Waals surface area contributed by atoms with E-state index in [1.54, 1.807) is 18.2 Å². The predicted octanol–water partition coefficient (Wildman–Crippen LogP) is 2.79. The lowest BCUT2D eigenvalue weighted by Crippen LogP contribution is -2.35. The molecule has 2 aromatic carbocycles. The van der Waals surface area contributed by atoms with Crippen molar-refractivity contribution < 1.29 is 17.9 Å². The molecule has 0 radical (unpaired) electrons. The average molecular weight is 374 g/mol. The molecule has 0 saturated carbocycles. The van der Waals surface area contributed by atoms with Crippen molar-refractivity contribution in [3.63, 3.8) is 0 Å². The van der Waals surface area contributed by atoms with Crippen LogP contribution in [0.1, 0.15) is 24.5 Å². The lowest BCUT2D eigenvalue weighted by atomic mass is 9.99. The van der Waals surface area contributed by atoms with Gasteiger partial charge in [0.15, 0.2) is 0 Å². The SMILES string of the molecule is CCC(=O)N1CCc2ccc(NS(=O)(=O)c3cccc(OC)c3)cc2C1. The zero-order valence-electron chi connectivity index (χ0n) is 14.9. The summed E-state index contributed by atoms with van der Waals surface area (Å²) < 4.78 is 32.9. The van der Waals surface area contributed by atoms with Gasteiger partial charge in [-0.3, -0.25) is 9.52 Å². The van der Waals surface area contributed by atoms with E-state index in [2.05, 4.69) is 4.72 Å². The summed E-state index contributed by atoms with van der Waals surface area (Å²) in [4.78, 5) is 13.9. The summed E-state index contributed by atoms with van der Waals surface area (Å²) in [5.41, 5.74) is 2.61. The first-order valence-corrected chi connectivity index (χ1v) is 9.97. The van der Waals surface area contributed by atoms with Crippen LogP contribution in [0.15, 0.2) is 47.4 Å². The number of amides is 1. The Kier molecular flexibility index (Phi) is 5.18. The number of sulfonamides is 1. The largest absolute Gasteiger partial charge is 0.497 e. The number of hydrogen-bond acceptors (Lipinski definition) is 4. The van der Waals surface area contributed by atoms with Crippen molar-refractivity contribution in [2.24, 2.45) is 0 Å². The van der Waals surface area contributed by atoms with Crippen molar-refractivity contribution >= 4 is 21.6 Å². The van der Waals surface area contributed by atoms with Gasteiger partial charge in [0, 0.05) is 31.3 Å². The van der Waals surface area contributed by atoms with Gasteiger partial charge >= 0.3 is 0 Å². The van der Waals surface area contributed by atoms with E-state index in [0.717, 1.165) is 17.5 Å². The maximum Gasteiger partial charge on any atom is 0.262 e. The van der Waals surface area contributed by atoms with Crippen molar-refractivity contribution in [2.45, 2.75) is 31.2 Å². The number of ether oxygens (including phenoxy) is 1. The topological polar surface area (TPSA) is 75.7 Å². The van der Waals surface area contributed by atoms with Crippen LogP contribution in [0.2, 0.25) is 0 Å². The van der Waals surface area contributed by atoms with Crippen molar-refractivity contribution in [2.75, 3.05) is 18.4 Å². The van der Waals surface area contributed by atoms with Crippen molar-refractivity contribution in [3.05, 3.63) is 53.6 Å². The molecule has 2 aromatic rings. The summed E-state index contributed by atoms with van der Waals surface area (Å²) in [6.45, 7) is 3.06. The number of anilines is 1. The summed E-state index contributed by atoms with van der Waals surface area (Å²) in [7, 11) is -2.23. The highest BCUT2D eigenvalue weighted by Crippen LogP contribution is 2.25. The average Bonchev–Trinajstić information content (AvgIpc) is 2.66. The van der Waals surface area contributed by atoms with Crippen LogP contribution in [0.3, 0.4) is 0 Å². The minimum atomic E-state index is -3.72. The molecule has 6 nitrogen and oxygen atoms in total. The van der Waals surface area contributed by atoms with Crippen LogP contribution >= 0.6 is 0 Å². The molecular weight excluding hydrogens is 352 g/mol. The zero-order chi connectivity index (χ0) is 18.7. The third-order valence-electron chi connectivity index (χ3n) is 4.48. The minimum Gasteiger partial charge on any atom is -0.497 e. The van der Waals surface area contributed by atoms with Crippen molar-refractivity contribution in [1.29, 1.82) is 0 Å². The van der Waals surface area contributed by atoms with Crippen LogP contribution in [0, 0.1) is 0 Å². The molecular formula is C19H22N2O4S. The van der Waals surface area contributed by atoms with E-state index in [0.29, 0.717) is 30.9 Å². The van der Waals surface area contributed by atoms with Gasteiger partial charge in [0.25, 0.3) is 10.0 Å². The fourth-order valence-corrected chi connectivity index (χ4v) is 4.12. The molecule has 1 aliphatic heterocycles. The number of carbonyl (C=O) groups excluding carboxylic acids is 1. The molecule has 26 heavy (non-hydrogen) atoms. The molecule has 0 atom stereocenters. The Morgan fingerprint density at radius 1 is 1.19 bits per heavy atom. The minimum absolute atomic E-state index is 0.109. The monoisotopic (exact) mass is 374 g/mol. The Labute approximate surface area is 153 Å². The summed E-state index contributed by atoms with van der Waals surface area (Å²) in [6, 6.07) is 11.8. The van der Waals surface area contributed by atoms with E-state index in [-0.39, 0.29) is 10.8 Å². The van der Waals surface area contributed by atoms with Gasteiger partial charge in [-0.2, -0.15) is 0 Å². The quantitative estimate of drug-likeness (QED) is 0.873. The summed E-state index contributed by atoms with van der Waals surface area (Å²) in [5.74, 6) is 0.588. The first-order chi connectivity index (χ1) is 12.4. The highest BCUT2D eigenvalue weighted by molar-refractivity contribution is 7.92. The Morgan fingerprint density at radius 3 is 2.73 bits per heavy atom. The molecule has 1 aliphatic rings. The Balaban J connectivity index is 1.83. The summed E-state index contributed by atoms with van der Waals surface area (Å²) in [5, 5.41) is 0. The number of nitrogens with one attached hydrogen (secondary N) is 1. The summed E-state index contributed by atoms with van der Waals surface area (Å²) in [6.07, 6.45) is 1.25.